The average molecular weight is 421 g/mol. The number of nitrogens with one attached hydrogen (secondary N) is 1. The van der Waals surface area contributed by atoms with Crippen molar-refractivity contribution < 1.29 is 14.3 Å². The number of amides is 1. The molecule has 2 aliphatic heterocycles. The molecule has 0 aliphatic carbocycles. The van der Waals surface area contributed by atoms with Gasteiger partial charge in [-0.1, -0.05) is 57.0 Å². The van der Waals surface area contributed by atoms with Crippen LogP contribution in [0.5, 0.6) is 11.5 Å². The minimum atomic E-state index is -0.607. The summed E-state index contributed by atoms with van der Waals surface area (Å²) in [7, 11) is 1.66. The number of hydrogen-bond acceptors (Lipinski definition) is 4. The Morgan fingerprint density at radius 1 is 1.16 bits per heavy atom. The molecule has 1 amide bonds. The normalized spacial score (nSPS) is 21.2. The Bertz CT molecular complexity index is 1030. The first-order chi connectivity index (χ1) is 14.8. The standard InChI is InChI=1S/C26H32N2O3/c1-6-7-14-31-22-11-9-19(16-23(22)30-5)12-13-26-25(3,4)20-15-18(2)8-10-21(20)28(26)17-24(29)27-26/h8-13,15-16H,6-7,14,17H2,1-5H3,(H,27,29)/b13-12+. The number of nitrogens with zero attached hydrogens (tertiary/aromatic N) is 1. The average Bonchev–Trinajstić information content (AvgIpc) is 3.17. The second-order valence-corrected chi connectivity index (χ2v) is 8.99. The molecule has 1 atom stereocenters. The van der Waals surface area contributed by atoms with Gasteiger partial charge in [-0.3, -0.25) is 4.79 Å². The summed E-state index contributed by atoms with van der Waals surface area (Å²) in [5, 5.41) is 3.27. The maximum atomic E-state index is 12.5. The lowest BCUT2D eigenvalue weighted by Gasteiger charge is -2.40. The summed E-state index contributed by atoms with van der Waals surface area (Å²) in [4.78, 5) is 14.7. The summed E-state index contributed by atoms with van der Waals surface area (Å²) >= 11 is 0. The van der Waals surface area contributed by atoms with Gasteiger partial charge >= 0.3 is 0 Å². The van der Waals surface area contributed by atoms with Crippen LogP contribution in [-0.2, 0) is 10.2 Å². The number of fused-ring (bicyclic) bond motifs is 3. The topological polar surface area (TPSA) is 50.8 Å². The molecule has 0 radical (unpaired) electrons. The van der Waals surface area contributed by atoms with Gasteiger partial charge < -0.3 is 19.7 Å². The van der Waals surface area contributed by atoms with Crippen LogP contribution in [-0.4, -0.2) is 31.8 Å². The highest BCUT2D eigenvalue weighted by molar-refractivity contribution is 5.91. The van der Waals surface area contributed by atoms with Crippen molar-refractivity contribution in [1.29, 1.82) is 0 Å². The van der Waals surface area contributed by atoms with Crippen LogP contribution in [0.3, 0.4) is 0 Å². The second-order valence-electron chi connectivity index (χ2n) is 8.99. The Kier molecular flexibility index (Phi) is 5.46. The molecule has 1 saturated heterocycles. The van der Waals surface area contributed by atoms with E-state index in [1.165, 1.54) is 11.1 Å². The molecule has 2 aromatic carbocycles. The van der Waals surface area contributed by atoms with Gasteiger partial charge in [0.05, 0.1) is 20.3 Å². The fraction of sp³-hybridized carbons (Fsp3) is 0.423. The van der Waals surface area contributed by atoms with Crippen molar-refractivity contribution in [2.45, 2.75) is 51.6 Å². The summed E-state index contributed by atoms with van der Waals surface area (Å²) in [5.74, 6) is 1.51. The van der Waals surface area contributed by atoms with E-state index in [1.807, 2.05) is 18.2 Å². The van der Waals surface area contributed by atoms with Gasteiger partial charge in [0.15, 0.2) is 11.5 Å². The molecule has 0 bridgehead atoms. The highest BCUT2D eigenvalue weighted by Crippen LogP contribution is 2.53. The van der Waals surface area contributed by atoms with Crippen molar-refractivity contribution in [2.24, 2.45) is 0 Å². The van der Waals surface area contributed by atoms with E-state index in [4.69, 9.17) is 9.47 Å². The number of unbranched alkanes of at least 4 members (excludes halogenated alkanes) is 1. The van der Waals surface area contributed by atoms with Crippen LogP contribution in [0.4, 0.5) is 5.69 Å². The molecule has 31 heavy (non-hydrogen) atoms. The molecule has 5 nitrogen and oxygen atoms in total. The van der Waals surface area contributed by atoms with Gasteiger partial charge in [-0.05, 0) is 48.7 Å². The van der Waals surface area contributed by atoms with Crippen molar-refractivity contribution in [3.63, 3.8) is 0 Å². The number of carbonyl (C=O) groups excluding carboxylic acids is 1. The van der Waals surface area contributed by atoms with Crippen molar-refractivity contribution in [3.05, 3.63) is 59.2 Å². The first-order valence-corrected chi connectivity index (χ1v) is 11.0. The Balaban J connectivity index is 1.68. The molecule has 1 N–H and O–H groups in total. The van der Waals surface area contributed by atoms with Gasteiger partial charge in [-0.25, -0.2) is 0 Å². The van der Waals surface area contributed by atoms with Crippen molar-refractivity contribution in [1.82, 2.24) is 5.32 Å². The zero-order valence-electron chi connectivity index (χ0n) is 19.1. The maximum absolute atomic E-state index is 12.5. The summed E-state index contributed by atoms with van der Waals surface area (Å²) in [6, 6.07) is 12.4. The van der Waals surface area contributed by atoms with E-state index in [2.05, 4.69) is 68.3 Å². The summed E-state index contributed by atoms with van der Waals surface area (Å²) < 4.78 is 11.4. The third-order valence-corrected chi connectivity index (χ3v) is 6.59. The molecular weight excluding hydrogens is 388 g/mol. The van der Waals surface area contributed by atoms with Crippen LogP contribution in [0.15, 0.2) is 42.5 Å². The van der Waals surface area contributed by atoms with Gasteiger partial charge in [-0.2, -0.15) is 0 Å². The second kappa shape index (κ2) is 7.95. The summed E-state index contributed by atoms with van der Waals surface area (Å²) in [6.45, 7) is 9.69. The highest BCUT2D eigenvalue weighted by atomic mass is 16.5. The molecule has 4 rings (SSSR count). The predicted molar refractivity (Wildman–Crippen MR) is 125 cm³/mol. The number of carbonyl (C=O) groups is 1. The quantitative estimate of drug-likeness (QED) is 0.653. The molecule has 0 spiro atoms. The third-order valence-electron chi connectivity index (χ3n) is 6.59. The molecule has 164 valence electrons. The lowest BCUT2D eigenvalue weighted by atomic mass is 9.75. The Hall–Kier alpha value is -2.95. The number of ether oxygens (including phenoxy) is 2. The van der Waals surface area contributed by atoms with Crippen LogP contribution < -0.4 is 19.7 Å². The zero-order valence-corrected chi connectivity index (χ0v) is 19.1. The lowest BCUT2D eigenvalue weighted by molar-refractivity contribution is -0.118. The van der Waals surface area contributed by atoms with Crippen molar-refractivity contribution in [3.8, 4) is 11.5 Å². The lowest BCUT2D eigenvalue weighted by Crippen LogP contribution is -2.58. The summed E-state index contributed by atoms with van der Waals surface area (Å²) in [6.07, 6.45) is 6.29. The molecule has 0 saturated carbocycles. The van der Waals surface area contributed by atoms with Crippen molar-refractivity contribution in [2.75, 3.05) is 25.2 Å². The molecule has 2 aromatic rings. The maximum Gasteiger partial charge on any atom is 0.241 e. The Morgan fingerprint density at radius 2 is 1.97 bits per heavy atom. The van der Waals surface area contributed by atoms with Crippen LogP contribution in [0, 0.1) is 6.92 Å². The third kappa shape index (κ3) is 3.46. The minimum Gasteiger partial charge on any atom is -0.493 e. The fourth-order valence-electron chi connectivity index (χ4n) is 4.74. The Morgan fingerprint density at radius 3 is 2.71 bits per heavy atom. The fourth-order valence-corrected chi connectivity index (χ4v) is 4.74. The van der Waals surface area contributed by atoms with E-state index in [-0.39, 0.29) is 11.3 Å². The van der Waals surface area contributed by atoms with E-state index in [9.17, 15) is 4.79 Å². The first-order valence-electron chi connectivity index (χ1n) is 11.0. The number of benzene rings is 2. The zero-order chi connectivity index (χ0) is 22.2. The summed E-state index contributed by atoms with van der Waals surface area (Å²) in [5.41, 5.74) is 3.71. The largest absolute Gasteiger partial charge is 0.493 e. The first kappa shape index (κ1) is 21.3. The number of hydrogen-bond donors (Lipinski definition) is 1. The number of methoxy groups -OCH3 is 1. The van der Waals surface area contributed by atoms with E-state index in [1.54, 1.807) is 7.11 Å². The number of aryl methyl sites for hydroxylation is 1. The van der Waals surface area contributed by atoms with Crippen LogP contribution >= 0.6 is 0 Å². The van der Waals surface area contributed by atoms with Crippen LogP contribution in [0.2, 0.25) is 0 Å². The van der Waals surface area contributed by atoms with Gasteiger partial charge in [-0.15, -0.1) is 0 Å². The van der Waals surface area contributed by atoms with Crippen molar-refractivity contribution >= 4 is 17.7 Å². The molecular formula is C26H32N2O3. The van der Waals surface area contributed by atoms with Gasteiger partial charge in [0.2, 0.25) is 5.91 Å². The highest BCUT2D eigenvalue weighted by Gasteiger charge is 2.59. The smallest absolute Gasteiger partial charge is 0.241 e. The molecule has 1 unspecified atom stereocenters. The SMILES string of the molecule is CCCCOc1ccc(/C=C/C23NC(=O)CN2c2ccc(C)cc2C3(C)C)cc1OC. The number of rotatable bonds is 7. The molecule has 2 aliphatic rings. The molecule has 2 heterocycles. The van der Waals surface area contributed by atoms with Gasteiger partial charge in [0.1, 0.15) is 5.66 Å². The van der Waals surface area contributed by atoms with E-state index in [0.29, 0.717) is 18.9 Å². The Labute approximate surface area is 185 Å². The van der Waals surface area contributed by atoms with Crippen LogP contribution in [0.25, 0.3) is 6.08 Å². The molecule has 5 heteroatoms. The molecule has 0 aromatic heterocycles. The van der Waals surface area contributed by atoms with Gasteiger partial charge in [0, 0.05) is 11.1 Å². The van der Waals surface area contributed by atoms with E-state index >= 15 is 0 Å². The van der Waals surface area contributed by atoms with Crippen LogP contribution in [0.1, 0.15) is 50.3 Å². The number of anilines is 1. The van der Waals surface area contributed by atoms with Gasteiger partial charge in [0.25, 0.3) is 0 Å². The van der Waals surface area contributed by atoms with E-state index in [0.717, 1.165) is 29.8 Å². The monoisotopic (exact) mass is 420 g/mol. The predicted octanol–water partition coefficient (Wildman–Crippen LogP) is 4.82. The molecule has 1 fully saturated rings. The van der Waals surface area contributed by atoms with E-state index < -0.39 is 5.66 Å². The minimum absolute atomic E-state index is 0.0428.